The number of aromatic nitrogens is 2. The number of nitrogens with zero attached hydrogens (tertiary/aromatic N) is 2. The minimum atomic E-state index is -1.19. The van der Waals surface area contributed by atoms with E-state index in [9.17, 15) is 29.4 Å². The van der Waals surface area contributed by atoms with Crippen molar-refractivity contribution in [1.82, 2.24) is 9.13 Å². The monoisotopic (exact) mass is 514 g/mol. The van der Waals surface area contributed by atoms with Crippen LogP contribution in [-0.2, 0) is 4.74 Å². The van der Waals surface area contributed by atoms with Crippen molar-refractivity contribution >= 4 is 27.6 Å². The molecule has 170 valence electrons. The van der Waals surface area contributed by atoms with Gasteiger partial charge in [0.15, 0.2) is 12.0 Å². The van der Waals surface area contributed by atoms with Gasteiger partial charge >= 0.3 is 5.69 Å². The first-order chi connectivity index (χ1) is 15.8. The van der Waals surface area contributed by atoms with Gasteiger partial charge in [0.25, 0.3) is 11.5 Å². The van der Waals surface area contributed by atoms with E-state index in [4.69, 9.17) is 4.74 Å². The first kappa shape index (κ1) is 23.0. The number of rotatable bonds is 5. The fraction of sp³-hybridized carbons (Fsp3) is 0.217. The molecule has 1 aliphatic heterocycles. The van der Waals surface area contributed by atoms with Crippen molar-refractivity contribution in [3.63, 3.8) is 0 Å². The summed E-state index contributed by atoms with van der Waals surface area (Å²) in [7, 11) is 0. The number of hydrogen-bond acceptors (Lipinski definition) is 7. The second kappa shape index (κ2) is 9.36. The smallest absolute Gasteiger partial charge is 0.340 e. The van der Waals surface area contributed by atoms with Gasteiger partial charge in [-0.05, 0) is 12.1 Å². The van der Waals surface area contributed by atoms with Crippen molar-refractivity contribution < 1.29 is 24.5 Å². The van der Waals surface area contributed by atoms with Gasteiger partial charge in [-0.3, -0.25) is 19.0 Å². The summed E-state index contributed by atoms with van der Waals surface area (Å²) in [5, 5.41) is 19.8. The largest absolute Gasteiger partial charge is 0.394 e. The first-order valence-electron chi connectivity index (χ1n) is 10.0. The van der Waals surface area contributed by atoms with Gasteiger partial charge in [0.2, 0.25) is 0 Å². The van der Waals surface area contributed by atoms with Crippen molar-refractivity contribution in [2.75, 3.05) is 6.61 Å². The molecule has 1 aromatic heterocycles. The number of carbonyl (C=O) groups excluding carboxylic acids is 2. The van der Waals surface area contributed by atoms with Crippen LogP contribution in [0.3, 0.4) is 0 Å². The average Bonchev–Trinajstić information content (AvgIpc) is 3.13. The minimum absolute atomic E-state index is 0.0727. The van der Waals surface area contributed by atoms with Crippen LogP contribution in [0.1, 0.15) is 32.5 Å². The first-order valence-corrected chi connectivity index (χ1v) is 10.9. The van der Waals surface area contributed by atoms with Gasteiger partial charge in [-0.15, -0.1) is 0 Å². The molecule has 2 unspecified atom stereocenters. The fourth-order valence-electron chi connectivity index (χ4n) is 3.62. The quantitative estimate of drug-likeness (QED) is 0.383. The maximum atomic E-state index is 13.3. The van der Waals surface area contributed by atoms with E-state index in [0.29, 0.717) is 4.57 Å². The predicted molar refractivity (Wildman–Crippen MR) is 121 cm³/mol. The Morgan fingerprint density at radius 1 is 0.970 bits per heavy atom. The van der Waals surface area contributed by atoms with Crippen molar-refractivity contribution in [2.24, 2.45) is 0 Å². The van der Waals surface area contributed by atoms with E-state index in [1.54, 1.807) is 36.4 Å². The minimum Gasteiger partial charge on any atom is -0.394 e. The van der Waals surface area contributed by atoms with Crippen LogP contribution in [0, 0.1) is 0 Å². The summed E-state index contributed by atoms with van der Waals surface area (Å²) in [6, 6.07) is 15.7. The zero-order chi connectivity index (χ0) is 23.7. The van der Waals surface area contributed by atoms with Crippen LogP contribution in [0.2, 0.25) is 0 Å². The molecule has 2 aromatic carbocycles. The number of alkyl halides is 1. The number of aliphatic hydroxyl groups is 2. The summed E-state index contributed by atoms with van der Waals surface area (Å²) in [6.45, 7) is -0.521. The van der Waals surface area contributed by atoms with Crippen LogP contribution >= 0.6 is 15.9 Å². The van der Waals surface area contributed by atoms with Gasteiger partial charge in [0.05, 0.1) is 17.5 Å². The molecular formula is C23H19BrN2O7. The van der Waals surface area contributed by atoms with E-state index in [0.717, 1.165) is 10.8 Å². The Labute approximate surface area is 195 Å². The third kappa shape index (κ3) is 4.13. The maximum Gasteiger partial charge on any atom is 0.340 e. The molecule has 0 aliphatic carbocycles. The molecule has 0 spiro atoms. The molecule has 0 radical (unpaired) electrons. The van der Waals surface area contributed by atoms with Gasteiger partial charge in [-0.2, -0.15) is 4.57 Å². The number of carbonyl (C=O) groups is 2. The molecule has 33 heavy (non-hydrogen) atoms. The van der Waals surface area contributed by atoms with E-state index in [-0.39, 0.29) is 11.1 Å². The molecule has 2 heterocycles. The highest BCUT2D eigenvalue weighted by Gasteiger charge is 2.44. The Kier molecular flexibility index (Phi) is 6.52. The zero-order valence-corrected chi connectivity index (χ0v) is 18.7. The normalized spacial score (nSPS) is 22.3. The summed E-state index contributed by atoms with van der Waals surface area (Å²) in [4.78, 5) is 51.9. The van der Waals surface area contributed by atoms with E-state index >= 15 is 0 Å². The number of benzene rings is 2. The van der Waals surface area contributed by atoms with E-state index in [2.05, 4.69) is 15.9 Å². The van der Waals surface area contributed by atoms with Crippen molar-refractivity contribution in [3.05, 3.63) is 104 Å². The third-order valence-electron chi connectivity index (χ3n) is 5.37. The molecule has 0 bridgehead atoms. The van der Waals surface area contributed by atoms with E-state index in [1.807, 2.05) is 0 Å². The Hall–Kier alpha value is -3.18. The molecule has 9 nitrogen and oxygen atoms in total. The van der Waals surface area contributed by atoms with Crippen LogP contribution in [-0.4, -0.2) is 54.7 Å². The lowest BCUT2D eigenvalue weighted by molar-refractivity contribution is -0.0459. The van der Waals surface area contributed by atoms with Gasteiger partial charge < -0.3 is 14.9 Å². The SMILES string of the molecule is O=C(c1ccccc1)c1cn([C@@H]2O[C@H](CO)C(O)C2Br)c(=O)n(C(=O)c2ccccc2)c1=O. The highest BCUT2D eigenvalue weighted by atomic mass is 79.9. The number of hydrogen-bond donors (Lipinski definition) is 2. The van der Waals surface area contributed by atoms with Crippen LogP contribution in [0.4, 0.5) is 0 Å². The lowest BCUT2D eigenvalue weighted by Crippen LogP contribution is -2.47. The Morgan fingerprint density at radius 2 is 1.55 bits per heavy atom. The maximum absolute atomic E-state index is 13.3. The van der Waals surface area contributed by atoms with Gasteiger partial charge in [0, 0.05) is 17.3 Å². The summed E-state index contributed by atoms with van der Waals surface area (Å²) in [5.41, 5.74) is -2.27. The van der Waals surface area contributed by atoms with Crippen molar-refractivity contribution in [1.29, 1.82) is 0 Å². The fourth-order valence-corrected chi connectivity index (χ4v) is 4.34. The molecular weight excluding hydrogens is 496 g/mol. The molecule has 10 heteroatoms. The van der Waals surface area contributed by atoms with Gasteiger partial charge in [-0.1, -0.05) is 64.5 Å². The van der Waals surface area contributed by atoms with E-state index in [1.165, 1.54) is 24.3 Å². The molecule has 1 saturated heterocycles. The highest BCUT2D eigenvalue weighted by Crippen LogP contribution is 2.33. The highest BCUT2D eigenvalue weighted by molar-refractivity contribution is 9.09. The molecule has 1 aliphatic rings. The lowest BCUT2D eigenvalue weighted by atomic mass is 10.1. The van der Waals surface area contributed by atoms with Crippen molar-refractivity contribution in [3.8, 4) is 0 Å². The average molecular weight is 515 g/mol. The standard InChI is InChI=1S/C23H19BrN2O7/c24-17-19(29)16(12-27)33-22(17)25-11-15(18(28)13-7-3-1-4-8-13)21(31)26(23(25)32)20(30)14-9-5-2-6-10-14/h1-11,16-17,19,22,27,29H,12H2/t16-,17?,19?,22-/m1/s1. The zero-order valence-electron chi connectivity index (χ0n) is 17.1. The number of ketones is 1. The second-order valence-corrected chi connectivity index (χ2v) is 8.48. The lowest BCUT2D eigenvalue weighted by Gasteiger charge is -2.19. The topological polar surface area (TPSA) is 128 Å². The summed E-state index contributed by atoms with van der Waals surface area (Å²) in [6.07, 6.45) is -2.35. The third-order valence-corrected chi connectivity index (χ3v) is 6.36. The van der Waals surface area contributed by atoms with Crippen LogP contribution in [0.15, 0.2) is 76.4 Å². The Bertz CT molecular complexity index is 1300. The molecule has 0 amide bonds. The second-order valence-electron chi connectivity index (χ2n) is 7.42. The Morgan fingerprint density at radius 3 is 2.09 bits per heavy atom. The summed E-state index contributed by atoms with van der Waals surface area (Å²) < 4.78 is 6.90. The van der Waals surface area contributed by atoms with Crippen LogP contribution in [0.5, 0.6) is 0 Å². The molecule has 0 saturated carbocycles. The molecule has 4 atom stereocenters. The summed E-state index contributed by atoms with van der Waals surface area (Å²) >= 11 is 3.25. The number of halogens is 1. The molecule has 3 aromatic rings. The van der Waals surface area contributed by atoms with Crippen LogP contribution < -0.4 is 11.2 Å². The summed E-state index contributed by atoms with van der Waals surface area (Å²) in [5.74, 6) is -1.60. The predicted octanol–water partition coefficient (Wildman–Crippen LogP) is 0.944. The Balaban J connectivity index is 1.94. The number of ether oxygens (including phenoxy) is 1. The molecule has 2 N–H and O–H groups in total. The number of aliphatic hydroxyl groups excluding tert-OH is 2. The van der Waals surface area contributed by atoms with Gasteiger partial charge in [-0.25, -0.2) is 4.79 Å². The van der Waals surface area contributed by atoms with Crippen LogP contribution in [0.25, 0.3) is 0 Å². The van der Waals surface area contributed by atoms with Gasteiger partial charge in [0.1, 0.15) is 11.7 Å². The molecule has 4 rings (SSSR count). The van der Waals surface area contributed by atoms with E-state index < -0.39 is 58.4 Å². The molecule has 1 fully saturated rings. The van der Waals surface area contributed by atoms with Crippen molar-refractivity contribution in [2.45, 2.75) is 23.3 Å².